The van der Waals surface area contributed by atoms with Crippen LogP contribution in [0.1, 0.15) is 17.0 Å². The molecular weight excluding hydrogens is 488 g/mol. The monoisotopic (exact) mass is 510 g/mol. The third kappa shape index (κ3) is 4.58. The van der Waals surface area contributed by atoms with Gasteiger partial charge >= 0.3 is 6.18 Å². The highest BCUT2D eigenvalue weighted by atomic mass is 35.5. The molecule has 1 N–H and O–H groups in total. The Labute approximate surface area is 206 Å². The SMILES string of the molecule is Cl.Cl.Cn1c2c(c3ccc(-n4ccc(-c5ccc(C(F)(F)F)nc5)cc4=O)cc31)CCNCC2. The molecule has 5 nitrogen and oxygen atoms in total. The summed E-state index contributed by atoms with van der Waals surface area (Å²) in [6, 6.07) is 11.4. The lowest BCUT2D eigenvalue weighted by Crippen LogP contribution is -2.17. The molecule has 0 spiro atoms. The predicted molar refractivity (Wildman–Crippen MR) is 132 cm³/mol. The van der Waals surface area contributed by atoms with Crippen molar-refractivity contribution in [2.45, 2.75) is 19.0 Å². The molecule has 0 saturated heterocycles. The van der Waals surface area contributed by atoms with Gasteiger partial charge in [-0.25, -0.2) is 0 Å². The van der Waals surface area contributed by atoms with Gasteiger partial charge < -0.3 is 9.88 Å². The molecule has 0 fully saturated rings. The molecule has 0 aliphatic carbocycles. The highest BCUT2D eigenvalue weighted by Gasteiger charge is 2.32. The number of nitrogens with one attached hydrogen (secondary N) is 1. The lowest BCUT2D eigenvalue weighted by molar-refractivity contribution is -0.141. The summed E-state index contributed by atoms with van der Waals surface area (Å²) in [6.07, 6.45) is 0.230. The number of alkyl halides is 3. The van der Waals surface area contributed by atoms with E-state index >= 15 is 0 Å². The van der Waals surface area contributed by atoms with Gasteiger partial charge in [0.1, 0.15) is 5.69 Å². The van der Waals surface area contributed by atoms with Crippen molar-refractivity contribution < 1.29 is 13.2 Å². The van der Waals surface area contributed by atoms with E-state index in [1.54, 1.807) is 16.8 Å². The van der Waals surface area contributed by atoms with Gasteiger partial charge in [-0.1, -0.05) is 12.1 Å². The van der Waals surface area contributed by atoms with Gasteiger partial charge in [-0.05, 0) is 48.4 Å². The maximum Gasteiger partial charge on any atom is 0.433 e. The zero-order valence-corrected chi connectivity index (χ0v) is 19.9. The fourth-order valence-electron chi connectivity index (χ4n) is 4.45. The summed E-state index contributed by atoms with van der Waals surface area (Å²) in [5.41, 5.74) is 4.26. The largest absolute Gasteiger partial charge is 0.433 e. The molecule has 34 heavy (non-hydrogen) atoms. The number of nitrogens with zero attached hydrogens (tertiary/aromatic N) is 3. The summed E-state index contributed by atoms with van der Waals surface area (Å²) >= 11 is 0. The molecule has 10 heteroatoms. The van der Waals surface area contributed by atoms with E-state index in [0.29, 0.717) is 11.1 Å². The minimum Gasteiger partial charge on any atom is -0.347 e. The molecule has 0 radical (unpaired) electrons. The highest BCUT2D eigenvalue weighted by Crippen LogP contribution is 2.30. The number of hydrogen-bond acceptors (Lipinski definition) is 3. The fourth-order valence-corrected chi connectivity index (χ4v) is 4.45. The predicted octanol–water partition coefficient (Wildman–Crippen LogP) is 4.94. The van der Waals surface area contributed by atoms with E-state index < -0.39 is 11.9 Å². The first-order valence-corrected chi connectivity index (χ1v) is 10.4. The number of fused-ring (bicyclic) bond motifs is 3. The molecule has 1 aliphatic heterocycles. The van der Waals surface area contributed by atoms with Gasteiger partial charge in [-0.3, -0.25) is 14.3 Å². The van der Waals surface area contributed by atoms with Crippen LogP contribution < -0.4 is 10.9 Å². The molecular formula is C24H23Cl2F3N4O. The Morgan fingerprint density at radius 1 is 0.971 bits per heavy atom. The van der Waals surface area contributed by atoms with E-state index in [1.165, 1.54) is 28.8 Å². The Kier molecular flexibility index (Phi) is 7.45. The molecule has 4 heterocycles. The maximum absolute atomic E-state index is 12.8. The zero-order chi connectivity index (χ0) is 22.5. The van der Waals surface area contributed by atoms with Crippen LogP contribution in [0.3, 0.4) is 0 Å². The summed E-state index contributed by atoms with van der Waals surface area (Å²) in [7, 11) is 2.06. The Hall–Kier alpha value is -2.81. The Balaban J connectivity index is 0.00000162. The first-order chi connectivity index (χ1) is 15.3. The van der Waals surface area contributed by atoms with Crippen molar-refractivity contribution in [2.24, 2.45) is 7.05 Å². The Morgan fingerprint density at radius 3 is 2.41 bits per heavy atom. The van der Waals surface area contributed by atoms with Crippen LogP contribution in [0, 0.1) is 0 Å². The third-order valence-electron chi connectivity index (χ3n) is 6.10. The number of pyridine rings is 2. The number of aryl methyl sites for hydroxylation is 1. The van der Waals surface area contributed by atoms with Gasteiger partial charge in [0.15, 0.2) is 0 Å². The van der Waals surface area contributed by atoms with E-state index in [1.807, 2.05) is 12.1 Å². The fraction of sp³-hybridized carbons (Fsp3) is 0.250. The van der Waals surface area contributed by atoms with Gasteiger partial charge in [0.05, 0.1) is 11.2 Å². The second kappa shape index (κ2) is 9.82. The minimum absolute atomic E-state index is 0. The molecule has 1 aromatic carbocycles. The van der Waals surface area contributed by atoms with Crippen LogP contribution in [0.25, 0.3) is 27.7 Å². The van der Waals surface area contributed by atoms with E-state index in [9.17, 15) is 18.0 Å². The maximum atomic E-state index is 12.8. The van der Waals surface area contributed by atoms with Crippen molar-refractivity contribution >= 4 is 35.7 Å². The van der Waals surface area contributed by atoms with Crippen molar-refractivity contribution in [3.05, 3.63) is 82.2 Å². The lowest BCUT2D eigenvalue weighted by Gasteiger charge is -2.10. The summed E-state index contributed by atoms with van der Waals surface area (Å²) in [5.74, 6) is 0. The van der Waals surface area contributed by atoms with Crippen LogP contribution >= 0.6 is 24.8 Å². The molecule has 0 unspecified atom stereocenters. The van der Waals surface area contributed by atoms with Crippen molar-refractivity contribution in [3.63, 3.8) is 0 Å². The quantitative estimate of drug-likeness (QED) is 0.415. The van der Waals surface area contributed by atoms with Crippen LogP contribution in [0.4, 0.5) is 13.2 Å². The van der Waals surface area contributed by atoms with Gasteiger partial charge in [-0.15, -0.1) is 24.8 Å². The normalized spacial score (nSPS) is 13.5. The first-order valence-electron chi connectivity index (χ1n) is 10.4. The summed E-state index contributed by atoms with van der Waals surface area (Å²) in [4.78, 5) is 16.3. The van der Waals surface area contributed by atoms with E-state index in [4.69, 9.17) is 0 Å². The van der Waals surface area contributed by atoms with Crippen LogP contribution in [-0.4, -0.2) is 27.2 Å². The number of halogens is 5. The molecule has 0 atom stereocenters. The number of benzene rings is 1. The van der Waals surface area contributed by atoms with Crippen LogP contribution in [0.5, 0.6) is 0 Å². The smallest absolute Gasteiger partial charge is 0.347 e. The third-order valence-corrected chi connectivity index (χ3v) is 6.10. The summed E-state index contributed by atoms with van der Waals surface area (Å²) in [6.45, 7) is 1.90. The van der Waals surface area contributed by atoms with Crippen molar-refractivity contribution in [2.75, 3.05) is 13.1 Å². The van der Waals surface area contributed by atoms with Gasteiger partial charge in [0.2, 0.25) is 0 Å². The summed E-state index contributed by atoms with van der Waals surface area (Å²) < 4.78 is 42.0. The topological polar surface area (TPSA) is 51.9 Å². The number of aromatic nitrogens is 3. The van der Waals surface area contributed by atoms with Crippen molar-refractivity contribution in [1.82, 2.24) is 19.4 Å². The molecule has 1 aliphatic rings. The second-order valence-corrected chi connectivity index (χ2v) is 7.99. The highest BCUT2D eigenvalue weighted by molar-refractivity contribution is 5.87. The van der Waals surface area contributed by atoms with Gasteiger partial charge in [-0.2, -0.15) is 13.2 Å². The number of rotatable bonds is 2. The molecule has 0 bridgehead atoms. The van der Waals surface area contributed by atoms with Crippen molar-refractivity contribution in [3.8, 4) is 16.8 Å². The average molecular weight is 511 g/mol. The van der Waals surface area contributed by atoms with Gasteiger partial charge in [0.25, 0.3) is 5.56 Å². The molecule has 4 aromatic rings. The minimum atomic E-state index is -4.49. The summed E-state index contributed by atoms with van der Waals surface area (Å²) in [5, 5.41) is 4.63. The molecule has 180 valence electrons. The Morgan fingerprint density at radius 2 is 1.74 bits per heavy atom. The van der Waals surface area contributed by atoms with E-state index in [2.05, 4.69) is 28.0 Å². The molecule has 5 rings (SSSR count). The van der Waals surface area contributed by atoms with E-state index in [-0.39, 0.29) is 30.4 Å². The van der Waals surface area contributed by atoms with Crippen molar-refractivity contribution in [1.29, 1.82) is 0 Å². The van der Waals surface area contributed by atoms with Crippen LogP contribution in [-0.2, 0) is 26.1 Å². The zero-order valence-electron chi connectivity index (χ0n) is 18.2. The molecule has 3 aromatic heterocycles. The first kappa shape index (κ1) is 25.8. The standard InChI is InChI=1S/C24H21F3N4O.2ClH/c1-30-20-7-10-28-9-6-19(20)18-4-3-17(13-21(18)30)31-11-8-15(12-23(31)32)16-2-5-22(29-14-16)24(25,26)27;;/h2-5,8,11-14,28H,6-7,9-10H2,1H3;2*1H. The number of hydrogen-bond donors (Lipinski definition) is 1. The van der Waals surface area contributed by atoms with Crippen LogP contribution in [0.15, 0.2) is 59.7 Å². The lowest BCUT2D eigenvalue weighted by atomic mass is 10.1. The molecule has 0 saturated carbocycles. The second-order valence-electron chi connectivity index (χ2n) is 7.99. The van der Waals surface area contributed by atoms with E-state index in [0.717, 1.165) is 49.4 Å². The van der Waals surface area contributed by atoms with Crippen LogP contribution in [0.2, 0.25) is 0 Å². The van der Waals surface area contributed by atoms with Gasteiger partial charge in [0, 0.05) is 55.1 Å². The average Bonchev–Trinajstić information content (AvgIpc) is 2.93. The molecule has 0 amide bonds. The Bertz CT molecular complexity index is 1380.